The average Bonchev–Trinajstić information content (AvgIpc) is 2.25. The molecule has 2 rings (SSSR count). The monoisotopic (exact) mass is 287 g/mol. The van der Waals surface area contributed by atoms with Crippen LogP contribution in [0.25, 0.3) is 10.9 Å². The molecule has 0 aliphatic rings. The van der Waals surface area contributed by atoms with E-state index in [4.69, 9.17) is 45.9 Å². The molecule has 0 saturated heterocycles. The fraction of sp³-hybridized carbons (Fsp3) is 0.0909. The molecule has 6 heteroatoms. The molecule has 17 heavy (non-hydrogen) atoms. The molecule has 0 fully saturated rings. The van der Waals surface area contributed by atoms with Crippen LogP contribution in [-0.4, -0.2) is 10.8 Å². The largest absolute Gasteiger partial charge is 0.382 e. The highest BCUT2D eigenvalue weighted by Crippen LogP contribution is 2.36. The lowest BCUT2D eigenvalue weighted by atomic mass is 10.1. The molecule has 0 bridgehead atoms. The van der Waals surface area contributed by atoms with Crippen LogP contribution in [0.15, 0.2) is 12.1 Å². The van der Waals surface area contributed by atoms with E-state index in [1.807, 2.05) is 6.92 Å². The van der Waals surface area contributed by atoms with Crippen molar-refractivity contribution in [2.24, 2.45) is 5.73 Å². The standard InChI is InChI=1S/C11H8Cl3N3/c1-4-2-7(11(15)16)17-10-6(13)3-5(12)9(14)8(4)10/h2-3H,1H3,(H3,15,16). The molecule has 88 valence electrons. The summed E-state index contributed by atoms with van der Waals surface area (Å²) in [4.78, 5) is 4.21. The van der Waals surface area contributed by atoms with Gasteiger partial charge in [-0.2, -0.15) is 0 Å². The maximum atomic E-state index is 7.39. The summed E-state index contributed by atoms with van der Waals surface area (Å²) in [6, 6.07) is 3.22. The van der Waals surface area contributed by atoms with Crippen LogP contribution < -0.4 is 5.73 Å². The van der Waals surface area contributed by atoms with E-state index in [1.54, 1.807) is 6.07 Å². The molecule has 0 atom stereocenters. The van der Waals surface area contributed by atoms with Crippen molar-refractivity contribution in [1.82, 2.24) is 4.98 Å². The summed E-state index contributed by atoms with van der Waals surface area (Å²) in [5.41, 5.74) is 7.12. The Kier molecular flexibility index (Phi) is 3.17. The number of aryl methyl sites for hydroxylation is 1. The van der Waals surface area contributed by atoms with Gasteiger partial charge < -0.3 is 5.73 Å². The van der Waals surface area contributed by atoms with Crippen molar-refractivity contribution in [2.75, 3.05) is 0 Å². The SMILES string of the molecule is Cc1cc(C(=N)N)nc2c(Cl)cc(Cl)c(Cl)c12. The molecule has 3 nitrogen and oxygen atoms in total. The number of rotatable bonds is 1. The smallest absolute Gasteiger partial charge is 0.141 e. The highest BCUT2D eigenvalue weighted by Gasteiger charge is 2.14. The van der Waals surface area contributed by atoms with E-state index in [0.717, 1.165) is 5.56 Å². The minimum absolute atomic E-state index is 0.114. The lowest BCUT2D eigenvalue weighted by Gasteiger charge is -2.09. The van der Waals surface area contributed by atoms with Gasteiger partial charge in [0.15, 0.2) is 0 Å². The molecule has 0 aliphatic heterocycles. The van der Waals surface area contributed by atoms with Crippen LogP contribution in [-0.2, 0) is 0 Å². The van der Waals surface area contributed by atoms with Crippen molar-refractivity contribution in [1.29, 1.82) is 5.41 Å². The molecule has 2 aromatic rings. The Bertz CT molecular complexity index is 638. The van der Waals surface area contributed by atoms with Gasteiger partial charge in [-0.15, -0.1) is 0 Å². The van der Waals surface area contributed by atoms with E-state index >= 15 is 0 Å². The number of nitrogens with two attached hydrogens (primary N) is 1. The Labute approximate surface area is 113 Å². The third kappa shape index (κ3) is 2.06. The van der Waals surface area contributed by atoms with Gasteiger partial charge in [-0.1, -0.05) is 34.8 Å². The first-order chi connectivity index (χ1) is 7.91. The number of nitrogens with one attached hydrogen (secondary N) is 1. The van der Waals surface area contributed by atoms with Crippen LogP contribution in [0.4, 0.5) is 0 Å². The van der Waals surface area contributed by atoms with Crippen LogP contribution in [0.5, 0.6) is 0 Å². The summed E-state index contributed by atoms with van der Waals surface area (Å²) in [6.45, 7) is 1.84. The summed E-state index contributed by atoms with van der Waals surface area (Å²) in [5.74, 6) is -0.114. The summed E-state index contributed by atoms with van der Waals surface area (Å²) in [7, 11) is 0. The number of hydrogen-bond donors (Lipinski definition) is 2. The second kappa shape index (κ2) is 4.33. The maximum Gasteiger partial charge on any atom is 0.141 e. The number of benzene rings is 1. The molecule has 1 aromatic heterocycles. The van der Waals surface area contributed by atoms with E-state index in [2.05, 4.69) is 4.98 Å². The number of hydrogen-bond acceptors (Lipinski definition) is 2. The number of amidine groups is 1. The van der Waals surface area contributed by atoms with Crippen LogP contribution in [0.1, 0.15) is 11.3 Å². The highest BCUT2D eigenvalue weighted by atomic mass is 35.5. The van der Waals surface area contributed by atoms with Gasteiger partial charge in [0, 0.05) is 5.39 Å². The Morgan fingerprint density at radius 3 is 2.47 bits per heavy atom. The van der Waals surface area contributed by atoms with Gasteiger partial charge in [0.05, 0.1) is 20.6 Å². The van der Waals surface area contributed by atoms with Crippen LogP contribution >= 0.6 is 34.8 Å². The highest BCUT2D eigenvalue weighted by molar-refractivity contribution is 6.47. The zero-order valence-corrected chi connectivity index (χ0v) is 11.1. The van der Waals surface area contributed by atoms with Crippen LogP contribution in [0.2, 0.25) is 15.1 Å². The number of fused-ring (bicyclic) bond motifs is 1. The Balaban J connectivity index is 2.95. The molecule has 1 heterocycles. The van der Waals surface area contributed by atoms with Gasteiger partial charge >= 0.3 is 0 Å². The minimum Gasteiger partial charge on any atom is -0.382 e. The van der Waals surface area contributed by atoms with Gasteiger partial charge in [0.25, 0.3) is 0 Å². The minimum atomic E-state index is -0.114. The molecular formula is C11H8Cl3N3. The van der Waals surface area contributed by atoms with Crippen molar-refractivity contribution in [2.45, 2.75) is 6.92 Å². The third-order valence-electron chi connectivity index (χ3n) is 2.40. The Morgan fingerprint density at radius 1 is 1.24 bits per heavy atom. The Morgan fingerprint density at radius 2 is 1.88 bits per heavy atom. The molecular weight excluding hydrogens is 281 g/mol. The number of halogens is 3. The van der Waals surface area contributed by atoms with Gasteiger partial charge in [-0.05, 0) is 24.6 Å². The van der Waals surface area contributed by atoms with E-state index < -0.39 is 0 Å². The van der Waals surface area contributed by atoms with E-state index in [0.29, 0.717) is 31.7 Å². The van der Waals surface area contributed by atoms with E-state index in [-0.39, 0.29) is 5.84 Å². The molecule has 0 saturated carbocycles. The van der Waals surface area contributed by atoms with E-state index in [1.165, 1.54) is 6.07 Å². The average molecular weight is 289 g/mol. The molecule has 0 aliphatic carbocycles. The van der Waals surface area contributed by atoms with Gasteiger partial charge in [-0.25, -0.2) is 4.98 Å². The lowest BCUT2D eigenvalue weighted by molar-refractivity contribution is 1.28. The topological polar surface area (TPSA) is 62.8 Å². The first kappa shape index (κ1) is 12.4. The summed E-state index contributed by atoms with van der Waals surface area (Å²) in [5, 5.41) is 9.25. The van der Waals surface area contributed by atoms with Crippen molar-refractivity contribution in [3.05, 3.63) is 38.5 Å². The predicted molar refractivity (Wildman–Crippen MR) is 72.5 cm³/mol. The second-order valence-corrected chi connectivity index (χ2v) is 4.81. The second-order valence-electron chi connectivity index (χ2n) is 3.62. The van der Waals surface area contributed by atoms with Gasteiger partial charge in [-0.3, -0.25) is 5.41 Å². The molecule has 0 amide bonds. The quantitative estimate of drug-likeness (QED) is 0.476. The molecule has 0 unspecified atom stereocenters. The number of pyridine rings is 1. The van der Waals surface area contributed by atoms with Crippen LogP contribution in [0, 0.1) is 12.3 Å². The van der Waals surface area contributed by atoms with Crippen molar-refractivity contribution in [3.63, 3.8) is 0 Å². The number of nitrogens with zero attached hydrogens (tertiary/aromatic N) is 1. The zero-order valence-electron chi connectivity index (χ0n) is 8.81. The predicted octanol–water partition coefficient (Wildman–Crippen LogP) is 3.79. The van der Waals surface area contributed by atoms with Gasteiger partial charge in [0.1, 0.15) is 11.5 Å². The van der Waals surface area contributed by atoms with Crippen LogP contribution in [0.3, 0.4) is 0 Å². The summed E-state index contributed by atoms with van der Waals surface area (Å²) < 4.78 is 0. The molecule has 3 N–H and O–H groups in total. The summed E-state index contributed by atoms with van der Waals surface area (Å²) >= 11 is 18.1. The molecule has 0 radical (unpaired) electrons. The van der Waals surface area contributed by atoms with E-state index in [9.17, 15) is 0 Å². The fourth-order valence-corrected chi connectivity index (χ4v) is 2.42. The fourth-order valence-electron chi connectivity index (χ4n) is 1.62. The van der Waals surface area contributed by atoms with Crippen molar-refractivity contribution < 1.29 is 0 Å². The Hall–Kier alpha value is -1.03. The molecule has 1 aromatic carbocycles. The van der Waals surface area contributed by atoms with Crippen molar-refractivity contribution >= 4 is 51.5 Å². The third-order valence-corrected chi connectivity index (χ3v) is 3.48. The lowest BCUT2D eigenvalue weighted by Crippen LogP contribution is -2.13. The first-order valence-corrected chi connectivity index (χ1v) is 5.84. The maximum absolute atomic E-state index is 7.39. The van der Waals surface area contributed by atoms with Crippen molar-refractivity contribution in [3.8, 4) is 0 Å². The summed E-state index contributed by atoms with van der Waals surface area (Å²) in [6.07, 6.45) is 0. The normalized spacial score (nSPS) is 10.8. The number of nitrogen functional groups attached to an aromatic ring is 1. The molecule has 0 spiro atoms. The number of aromatic nitrogens is 1. The zero-order chi connectivity index (χ0) is 12.7. The first-order valence-electron chi connectivity index (χ1n) is 4.71. The van der Waals surface area contributed by atoms with Gasteiger partial charge in [0.2, 0.25) is 0 Å².